The molecule has 2 fully saturated rings. The van der Waals surface area contributed by atoms with Gasteiger partial charge in [-0.2, -0.15) is 0 Å². The highest BCUT2D eigenvalue weighted by Gasteiger charge is 2.25. The minimum atomic E-state index is 0.335. The second-order valence-electron chi connectivity index (χ2n) is 8.46. The number of carbonyl (C=O) groups excluding carboxylic acids is 1. The normalized spacial score (nSPS) is 22.9. The minimum Gasteiger partial charge on any atom is -0.343 e. The van der Waals surface area contributed by atoms with Crippen LogP contribution in [0.2, 0.25) is 0 Å². The Morgan fingerprint density at radius 1 is 1.22 bits per heavy atom. The van der Waals surface area contributed by atoms with Crippen LogP contribution in [-0.4, -0.2) is 88.2 Å². The largest absolute Gasteiger partial charge is 0.343 e. The van der Waals surface area contributed by atoms with Gasteiger partial charge in [0.1, 0.15) is 12.2 Å². The van der Waals surface area contributed by atoms with E-state index in [-0.39, 0.29) is 0 Å². The van der Waals surface area contributed by atoms with E-state index in [4.69, 9.17) is 0 Å². The number of rotatable bonds is 7. The predicted octanol–water partition coefficient (Wildman–Crippen LogP) is 1.63. The van der Waals surface area contributed by atoms with Crippen LogP contribution in [-0.2, 0) is 11.3 Å². The second kappa shape index (κ2) is 9.64. The zero-order valence-corrected chi connectivity index (χ0v) is 17.3. The van der Waals surface area contributed by atoms with Gasteiger partial charge in [-0.25, -0.2) is 0 Å². The average Bonchev–Trinajstić information content (AvgIpc) is 3.09. The van der Waals surface area contributed by atoms with Crippen LogP contribution in [0, 0.1) is 12.8 Å². The molecule has 7 nitrogen and oxygen atoms in total. The van der Waals surface area contributed by atoms with Gasteiger partial charge in [0.25, 0.3) is 0 Å². The van der Waals surface area contributed by atoms with Gasteiger partial charge < -0.3 is 19.3 Å². The van der Waals surface area contributed by atoms with Gasteiger partial charge in [-0.1, -0.05) is 0 Å². The van der Waals surface area contributed by atoms with Crippen LogP contribution in [0.4, 0.5) is 0 Å². The van der Waals surface area contributed by atoms with Crippen molar-refractivity contribution in [2.45, 2.75) is 58.0 Å². The molecule has 2 aliphatic rings. The summed E-state index contributed by atoms with van der Waals surface area (Å²) >= 11 is 0. The topological polar surface area (TPSA) is 57.5 Å². The van der Waals surface area contributed by atoms with Crippen LogP contribution < -0.4 is 0 Å². The highest BCUT2D eigenvalue weighted by molar-refractivity contribution is 5.76. The maximum atomic E-state index is 12.6. The molecule has 0 aromatic carbocycles. The summed E-state index contributed by atoms with van der Waals surface area (Å²) in [5, 5.41) is 8.01. The molecule has 7 heteroatoms. The van der Waals surface area contributed by atoms with E-state index in [0.29, 0.717) is 24.3 Å². The number of carbonyl (C=O) groups is 1. The van der Waals surface area contributed by atoms with Gasteiger partial charge in [-0.3, -0.25) is 4.79 Å². The second-order valence-corrected chi connectivity index (χ2v) is 8.46. The number of likely N-dealkylation sites (tertiary alicyclic amines) is 2. The molecule has 2 saturated heterocycles. The fourth-order valence-corrected chi connectivity index (χ4v) is 4.46. The number of hydrogen-bond acceptors (Lipinski definition) is 5. The molecule has 1 aromatic rings. The molecule has 3 heterocycles. The molecular weight excluding hydrogens is 340 g/mol. The highest BCUT2D eigenvalue weighted by atomic mass is 16.2. The Morgan fingerprint density at radius 2 is 2.00 bits per heavy atom. The third-order valence-corrected chi connectivity index (χ3v) is 6.47. The fraction of sp³-hybridized carbons (Fsp3) is 0.850. The van der Waals surface area contributed by atoms with Crippen molar-refractivity contribution < 1.29 is 4.79 Å². The standard InChI is InChI=1S/C20H36N6O/c1-17-22-21-16-26(17)14-13-25-10-4-5-18(15-25)6-7-20(27)24(3)19-8-11-23(2)12-9-19/h16,18-19H,4-15H2,1-3H3/t18-/m0/s1. The Morgan fingerprint density at radius 3 is 2.70 bits per heavy atom. The highest BCUT2D eigenvalue weighted by Crippen LogP contribution is 2.22. The lowest BCUT2D eigenvalue weighted by atomic mass is 9.93. The Bertz CT molecular complexity index is 595. The van der Waals surface area contributed by atoms with Gasteiger partial charge in [0.2, 0.25) is 5.91 Å². The van der Waals surface area contributed by atoms with E-state index in [9.17, 15) is 4.79 Å². The van der Waals surface area contributed by atoms with Gasteiger partial charge in [0, 0.05) is 39.1 Å². The molecule has 1 atom stereocenters. The lowest BCUT2D eigenvalue weighted by molar-refractivity contribution is -0.133. The van der Waals surface area contributed by atoms with Crippen molar-refractivity contribution >= 4 is 5.91 Å². The van der Waals surface area contributed by atoms with Crippen molar-refractivity contribution in [2.75, 3.05) is 46.8 Å². The summed E-state index contributed by atoms with van der Waals surface area (Å²) in [6, 6.07) is 0.434. The number of amides is 1. The van der Waals surface area contributed by atoms with Gasteiger partial charge in [-0.15, -0.1) is 10.2 Å². The minimum absolute atomic E-state index is 0.335. The SMILES string of the molecule is Cc1nncn1CCN1CCC[C@@H](CCC(=O)N(C)C2CCN(C)CC2)C1. The van der Waals surface area contributed by atoms with Gasteiger partial charge in [0.15, 0.2) is 0 Å². The van der Waals surface area contributed by atoms with Crippen LogP contribution in [0.25, 0.3) is 0 Å². The summed E-state index contributed by atoms with van der Waals surface area (Å²) in [5.41, 5.74) is 0. The zero-order chi connectivity index (χ0) is 19.2. The first-order chi connectivity index (χ1) is 13.0. The molecule has 152 valence electrons. The summed E-state index contributed by atoms with van der Waals surface area (Å²) in [4.78, 5) is 19.6. The Balaban J connectivity index is 1.38. The Hall–Kier alpha value is -1.47. The van der Waals surface area contributed by atoms with E-state index in [1.165, 1.54) is 19.4 Å². The zero-order valence-electron chi connectivity index (χ0n) is 17.3. The van der Waals surface area contributed by atoms with E-state index >= 15 is 0 Å². The molecule has 0 radical (unpaired) electrons. The van der Waals surface area contributed by atoms with Gasteiger partial charge in [0.05, 0.1) is 0 Å². The molecule has 0 unspecified atom stereocenters. The third kappa shape index (κ3) is 5.75. The Kier molecular flexibility index (Phi) is 7.24. The third-order valence-electron chi connectivity index (χ3n) is 6.47. The van der Waals surface area contributed by atoms with Crippen LogP contribution in [0.5, 0.6) is 0 Å². The van der Waals surface area contributed by atoms with Crippen molar-refractivity contribution in [3.8, 4) is 0 Å². The Labute approximate surface area is 163 Å². The van der Waals surface area contributed by atoms with E-state index in [0.717, 1.165) is 57.8 Å². The molecule has 3 rings (SSSR count). The quantitative estimate of drug-likeness (QED) is 0.724. The molecule has 0 bridgehead atoms. The molecule has 27 heavy (non-hydrogen) atoms. The van der Waals surface area contributed by atoms with E-state index < -0.39 is 0 Å². The smallest absolute Gasteiger partial charge is 0.222 e. The van der Waals surface area contributed by atoms with Crippen LogP contribution in [0.1, 0.15) is 44.3 Å². The monoisotopic (exact) mass is 376 g/mol. The van der Waals surface area contributed by atoms with Gasteiger partial charge in [-0.05, 0) is 71.6 Å². The van der Waals surface area contributed by atoms with Crippen molar-refractivity contribution in [3.05, 3.63) is 12.2 Å². The molecule has 0 N–H and O–H groups in total. The maximum Gasteiger partial charge on any atom is 0.222 e. The lowest BCUT2D eigenvalue weighted by Crippen LogP contribution is -2.44. The van der Waals surface area contributed by atoms with Crippen LogP contribution in [0.3, 0.4) is 0 Å². The first-order valence-corrected chi connectivity index (χ1v) is 10.5. The number of aryl methyl sites for hydroxylation is 1. The summed E-state index contributed by atoms with van der Waals surface area (Å²) < 4.78 is 2.11. The average molecular weight is 377 g/mol. The summed E-state index contributed by atoms with van der Waals surface area (Å²) in [6.45, 7) is 8.48. The number of aromatic nitrogens is 3. The molecule has 1 amide bonds. The number of nitrogens with zero attached hydrogens (tertiary/aromatic N) is 6. The van der Waals surface area contributed by atoms with E-state index in [1.54, 1.807) is 0 Å². The van der Waals surface area contributed by atoms with Crippen molar-refractivity contribution in [3.63, 3.8) is 0 Å². The van der Waals surface area contributed by atoms with E-state index in [1.807, 2.05) is 25.2 Å². The van der Waals surface area contributed by atoms with Crippen molar-refractivity contribution in [2.24, 2.45) is 5.92 Å². The molecule has 0 aliphatic carbocycles. The predicted molar refractivity (Wildman–Crippen MR) is 106 cm³/mol. The van der Waals surface area contributed by atoms with Crippen LogP contribution >= 0.6 is 0 Å². The molecule has 2 aliphatic heterocycles. The summed E-state index contributed by atoms with van der Waals surface area (Å²) in [7, 11) is 4.17. The van der Waals surface area contributed by atoms with Crippen molar-refractivity contribution in [1.29, 1.82) is 0 Å². The molecular formula is C20H36N6O. The summed E-state index contributed by atoms with van der Waals surface area (Å²) in [6.07, 6.45) is 8.26. The van der Waals surface area contributed by atoms with Crippen LogP contribution in [0.15, 0.2) is 6.33 Å². The fourth-order valence-electron chi connectivity index (χ4n) is 4.46. The molecule has 0 spiro atoms. The lowest BCUT2D eigenvalue weighted by Gasteiger charge is -2.36. The van der Waals surface area contributed by atoms with Gasteiger partial charge >= 0.3 is 0 Å². The summed E-state index contributed by atoms with van der Waals surface area (Å²) in [5.74, 6) is 1.96. The first-order valence-electron chi connectivity index (χ1n) is 10.5. The first kappa shape index (κ1) is 20.3. The van der Waals surface area contributed by atoms with E-state index in [2.05, 4.69) is 31.6 Å². The van der Waals surface area contributed by atoms with Crippen molar-refractivity contribution in [1.82, 2.24) is 29.5 Å². The molecule has 0 saturated carbocycles. The molecule has 1 aromatic heterocycles. The number of piperidine rings is 2. The maximum absolute atomic E-state index is 12.6. The number of hydrogen-bond donors (Lipinski definition) is 0.